The summed E-state index contributed by atoms with van der Waals surface area (Å²) in [5, 5.41) is 3.29. The van der Waals surface area contributed by atoms with Crippen molar-refractivity contribution in [1.82, 2.24) is 4.90 Å². The van der Waals surface area contributed by atoms with Crippen molar-refractivity contribution in [2.24, 2.45) is 0 Å². The fourth-order valence-corrected chi connectivity index (χ4v) is 3.34. The molecule has 1 aliphatic heterocycles. The maximum absolute atomic E-state index is 12.9. The molecule has 2 aromatic carbocycles. The molecule has 1 aliphatic rings. The second-order valence-electron chi connectivity index (χ2n) is 6.87. The number of halogens is 4. The minimum absolute atomic E-state index is 0.154. The van der Waals surface area contributed by atoms with Crippen molar-refractivity contribution < 1.29 is 18.0 Å². The first kappa shape index (κ1) is 20.5. The molecule has 0 aliphatic carbocycles. The monoisotopic (exact) mass is 411 g/mol. The van der Waals surface area contributed by atoms with Crippen LogP contribution in [0.3, 0.4) is 0 Å². The fourth-order valence-electron chi connectivity index (χ4n) is 3.17. The Morgan fingerprint density at radius 2 is 1.82 bits per heavy atom. The average Bonchev–Trinajstić information content (AvgIpc) is 2.62. The largest absolute Gasteiger partial charge is 0.416 e. The van der Waals surface area contributed by atoms with Gasteiger partial charge < -0.3 is 15.1 Å². The number of hydrogen-bond acceptors (Lipinski definition) is 3. The Balaban J connectivity index is 1.74. The molecule has 0 radical (unpaired) electrons. The number of carbonyl (C=O) groups excluding carboxylic acids is 1. The summed E-state index contributed by atoms with van der Waals surface area (Å²) in [5.74, 6) is -0.392. The van der Waals surface area contributed by atoms with Gasteiger partial charge >= 0.3 is 6.18 Å². The van der Waals surface area contributed by atoms with Gasteiger partial charge in [-0.25, -0.2) is 0 Å². The maximum atomic E-state index is 12.9. The van der Waals surface area contributed by atoms with E-state index in [1.54, 1.807) is 12.1 Å². The highest BCUT2D eigenvalue weighted by molar-refractivity contribution is 6.31. The Morgan fingerprint density at radius 1 is 1.11 bits per heavy atom. The number of piperazine rings is 1. The zero-order chi connectivity index (χ0) is 20.3. The summed E-state index contributed by atoms with van der Waals surface area (Å²) in [6, 6.07) is 10.1. The highest BCUT2D eigenvalue weighted by Gasteiger charge is 2.30. The van der Waals surface area contributed by atoms with Gasteiger partial charge in [-0.1, -0.05) is 29.8 Å². The number of hydrogen-bond donors (Lipinski definition) is 1. The van der Waals surface area contributed by atoms with Gasteiger partial charge in [-0.15, -0.1) is 0 Å². The Morgan fingerprint density at radius 3 is 2.50 bits per heavy atom. The number of nitrogens with zero attached hydrogens (tertiary/aromatic N) is 2. The third-order valence-electron chi connectivity index (χ3n) is 4.70. The van der Waals surface area contributed by atoms with E-state index in [9.17, 15) is 18.0 Å². The van der Waals surface area contributed by atoms with Crippen molar-refractivity contribution in [2.45, 2.75) is 12.6 Å². The van der Waals surface area contributed by atoms with Crippen LogP contribution in [0.2, 0.25) is 5.02 Å². The standard InChI is InChI=1S/C20H21ClF3N3O/c1-26-7-9-27(10-8-26)18-6-5-16(21)13-17(18)25-19(28)12-14-3-2-4-15(11-14)20(22,23)24/h2-6,11,13H,7-10,12H2,1H3,(H,25,28). The highest BCUT2D eigenvalue weighted by Crippen LogP contribution is 2.31. The highest BCUT2D eigenvalue weighted by atomic mass is 35.5. The minimum Gasteiger partial charge on any atom is -0.367 e. The number of likely N-dealkylation sites (N-methyl/N-ethyl adjacent to an activating group) is 1. The van der Waals surface area contributed by atoms with Gasteiger partial charge in [0.2, 0.25) is 5.91 Å². The van der Waals surface area contributed by atoms with Gasteiger partial charge in [-0.2, -0.15) is 13.2 Å². The molecule has 1 fully saturated rings. The Labute approximate surface area is 166 Å². The van der Waals surface area contributed by atoms with Crippen LogP contribution < -0.4 is 10.2 Å². The van der Waals surface area contributed by atoms with Crippen LogP contribution in [0, 0.1) is 0 Å². The van der Waals surface area contributed by atoms with E-state index in [0.29, 0.717) is 16.3 Å². The van der Waals surface area contributed by atoms with E-state index in [0.717, 1.165) is 44.0 Å². The Kier molecular flexibility index (Phi) is 6.15. The Bertz CT molecular complexity index is 849. The van der Waals surface area contributed by atoms with Crippen molar-refractivity contribution in [3.63, 3.8) is 0 Å². The molecular weight excluding hydrogens is 391 g/mol. The molecule has 2 aromatic rings. The lowest BCUT2D eigenvalue weighted by Gasteiger charge is -2.35. The molecule has 4 nitrogen and oxygen atoms in total. The van der Waals surface area contributed by atoms with Crippen molar-refractivity contribution in [3.8, 4) is 0 Å². The molecule has 0 spiro atoms. The molecule has 150 valence electrons. The predicted octanol–water partition coefficient (Wildman–Crippen LogP) is 4.29. The van der Waals surface area contributed by atoms with E-state index in [2.05, 4.69) is 22.2 Å². The van der Waals surface area contributed by atoms with Gasteiger partial charge in [-0.05, 0) is 36.9 Å². The van der Waals surface area contributed by atoms with Crippen LogP contribution in [-0.2, 0) is 17.4 Å². The van der Waals surface area contributed by atoms with Crippen molar-refractivity contribution in [3.05, 3.63) is 58.6 Å². The molecule has 0 aromatic heterocycles. The van der Waals surface area contributed by atoms with Gasteiger partial charge in [-0.3, -0.25) is 4.79 Å². The quantitative estimate of drug-likeness (QED) is 0.815. The smallest absolute Gasteiger partial charge is 0.367 e. The molecule has 0 atom stereocenters. The second kappa shape index (κ2) is 8.41. The molecule has 1 heterocycles. The number of rotatable bonds is 4. The lowest BCUT2D eigenvalue weighted by Crippen LogP contribution is -2.44. The summed E-state index contributed by atoms with van der Waals surface area (Å²) < 4.78 is 38.6. The SMILES string of the molecule is CN1CCN(c2ccc(Cl)cc2NC(=O)Cc2cccc(C(F)(F)F)c2)CC1. The summed E-state index contributed by atoms with van der Waals surface area (Å²) in [6.07, 6.45) is -4.59. The number of alkyl halides is 3. The summed E-state index contributed by atoms with van der Waals surface area (Å²) >= 11 is 6.09. The first-order chi connectivity index (χ1) is 13.2. The van der Waals surface area contributed by atoms with E-state index >= 15 is 0 Å². The van der Waals surface area contributed by atoms with Crippen LogP contribution in [0.1, 0.15) is 11.1 Å². The van der Waals surface area contributed by atoms with E-state index in [1.165, 1.54) is 12.1 Å². The molecule has 1 N–H and O–H groups in total. The first-order valence-corrected chi connectivity index (χ1v) is 9.29. The zero-order valence-corrected chi connectivity index (χ0v) is 16.1. The summed E-state index contributed by atoms with van der Waals surface area (Å²) in [7, 11) is 2.05. The number of carbonyl (C=O) groups is 1. The van der Waals surface area contributed by atoms with E-state index in [4.69, 9.17) is 11.6 Å². The van der Waals surface area contributed by atoms with Crippen molar-refractivity contribution >= 4 is 28.9 Å². The van der Waals surface area contributed by atoms with Crippen LogP contribution in [-0.4, -0.2) is 44.0 Å². The van der Waals surface area contributed by atoms with E-state index < -0.39 is 17.6 Å². The third-order valence-corrected chi connectivity index (χ3v) is 4.93. The number of amides is 1. The molecule has 8 heteroatoms. The number of nitrogens with one attached hydrogen (secondary N) is 1. The molecule has 3 rings (SSSR count). The van der Waals surface area contributed by atoms with Crippen LogP contribution in [0.15, 0.2) is 42.5 Å². The van der Waals surface area contributed by atoms with Crippen LogP contribution in [0.25, 0.3) is 0 Å². The third kappa shape index (κ3) is 5.17. The van der Waals surface area contributed by atoms with Crippen molar-refractivity contribution in [2.75, 3.05) is 43.4 Å². The summed E-state index contributed by atoms with van der Waals surface area (Å²) in [6.45, 7) is 3.43. The van der Waals surface area contributed by atoms with Gasteiger partial charge in [0, 0.05) is 31.2 Å². The van der Waals surface area contributed by atoms with Crippen LogP contribution >= 0.6 is 11.6 Å². The predicted molar refractivity (Wildman–Crippen MR) is 105 cm³/mol. The summed E-state index contributed by atoms with van der Waals surface area (Å²) in [4.78, 5) is 16.9. The first-order valence-electron chi connectivity index (χ1n) is 8.91. The average molecular weight is 412 g/mol. The summed E-state index contributed by atoms with van der Waals surface area (Å²) in [5.41, 5.74) is 0.957. The molecular formula is C20H21ClF3N3O. The normalized spacial score (nSPS) is 15.5. The molecule has 0 saturated carbocycles. The van der Waals surface area contributed by atoms with Crippen molar-refractivity contribution in [1.29, 1.82) is 0 Å². The number of benzene rings is 2. The maximum Gasteiger partial charge on any atom is 0.416 e. The molecule has 0 unspecified atom stereocenters. The van der Waals surface area contributed by atoms with Gasteiger partial charge in [0.25, 0.3) is 0 Å². The lowest BCUT2D eigenvalue weighted by atomic mass is 10.1. The van der Waals surface area contributed by atoms with Gasteiger partial charge in [0.1, 0.15) is 0 Å². The van der Waals surface area contributed by atoms with Crippen LogP contribution in [0.5, 0.6) is 0 Å². The second-order valence-corrected chi connectivity index (χ2v) is 7.31. The van der Waals surface area contributed by atoms with Crippen LogP contribution in [0.4, 0.5) is 24.5 Å². The number of anilines is 2. The minimum atomic E-state index is -4.44. The topological polar surface area (TPSA) is 35.6 Å². The molecule has 28 heavy (non-hydrogen) atoms. The molecule has 1 amide bonds. The fraction of sp³-hybridized carbons (Fsp3) is 0.350. The molecule has 0 bridgehead atoms. The van der Waals surface area contributed by atoms with E-state index in [-0.39, 0.29) is 6.42 Å². The van der Waals surface area contributed by atoms with E-state index in [1.807, 2.05) is 6.07 Å². The Hall–Kier alpha value is -2.25. The lowest BCUT2D eigenvalue weighted by molar-refractivity contribution is -0.137. The van der Waals surface area contributed by atoms with Gasteiger partial charge in [0.05, 0.1) is 23.4 Å². The molecule has 1 saturated heterocycles. The van der Waals surface area contributed by atoms with Gasteiger partial charge in [0.15, 0.2) is 0 Å². The zero-order valence-electron chi connectivity index (χ0n) is 15.4.